The Morgan fingerprint density at radius 3 is 2.95 bits per heavy atom. The quantitative estimate of drug-likeness (QED) is 0.877. The first kappa shape index (κ1) is 15.8. The van der Waals surface area contributed by atoms with E-state index in [0.717, 1.165) is 30.9 Å². The summed E-state index contributed by atoms with van der Waals surface area (Å²) in [6, 6.07) is 8.23. The number of amides is 1. The van der Waals surface area contributed by atoms with Gasteiger partial charge in [0.05, 0.1) is 13.7 Å². The molecule has 1 aliphatic rings. The van der Waals surface area contributed by atoms with Crippen LogP contribution in [-0.4, -0.2) is 62.1 Å². The van der Waals surface area contributed by atoms with E-state index in [4.69, 9.17) is 4.74 Å². The number of hydrogen-bond donors (Lipinski definition) is 1. The van der Waals surface area contributed by atoms with Crippen molar-refractivity contribution in [3.8, 4) is 5.75 Å². The van der Waals surface area contributed by atoms with E-state index in [1.54, 1.807) is 12.0 Å². The van der Waals surface area contributed by atoms with Gasteiger partial charge in [-0.05, 0) is 13.0 Å². The number of ether oxygens (including phenoxy) is 1. The van der Waals surface area contributed by atoms with Crippen LogP contribution in [0.3, 0.4) is 0 Å². The average Bonchev–Trinajstić information content (AvgIpc) is 2.50. The van der Waals surface area contributed by atoms with Crippen LogP contribution in [0.25, 0.3) is 0 Å². The summed E-state index contributed by atoms with van der Waals surface area (Å²) >= 11 is 0. The largest absolute Gasteiger partial charge is 0.496 e. The molecule has 116 valence electrons. The summed E-state index contributed by atoms with van der Waals surface area (Å²) in [7, 11) is 3.50. The molecule has 1 aliphatic heterocycles. The first-order valence-corrected chi connectivity index (χ1v) is 7.42. The van der Waals surface area contributed by atoms with Gasteiger partial charge in [0.1, 0.15) is 5.75 Å². The monoisotopic (exact) mass is 291 g/mol. The van der Waals surface area contributed by atoms with E-state index in [9.17, 15) is 4.79 Å². The molecule has 5 nitrogen and oxygen atoms in total. The van der Waals surface area contributed by atoms with Crippen molar-refractivity contribution in [2.45, 2.75) is 19.5 Å². The van der Waals surface area contributed by atoms with Crippen molar-refractivity contribution >= 4 is 5.91 Å². The fraction of sp³-hybridized carbons (Fsp3) is 0.562. The van der Waals surface area contributed by atoms with Crippen LogP contribution in [0.15, 0.2) is 24.3 Å². The number of methoxy groups -OCH3 is 1. The molecule has 1 fully saturated rings. The van der Waals surface area contributed by atoms with Crippen molar-refractivity contribution in [3.05, 3.63) is 29.8 Å². The topological polar surface area (TPSA) is 44.8 Å². The van der Waals surface area contributed by atoms with Gasteiger partial charge in [-0.2, -0.15) is 0 Å². The molecule has 2 rings (SSSR count). The Balaban J connectivity index is 1.93. The highest BCUT2D eigenvalue weighted by Gasteiger charge is 2.22. The second-order valence-electron chi connectivity index (χ2n) is 5.59. The smallest absolute Gasteiger partial charge is 0.236 e. The normalized spacial score (nSPS) is 19.3. The zero-order valence-corrected chi connectivity index (χ0v) is 13.1. The highest BCUT2D eigenvalue weighted by Crippen LogP contribution is 2.18. The zero-order chi connectivity index (χ0) is 15.2. The predicted octanol–water partition coefficient (Wildman–Crippen LogP) is 0.947. The van der Waals surface area contributed by atoms with Crippen molar-refractivity contribution in [2.75, 3.05) is 40.3 Å². The number of carbonyl (C=O) groups excluding carboxylic acids is 1. The molecule has 0 bridgehead atoms. The molecule has 21 heavy (non-hydrogen) atoms. The highest BCUT2D eigenvalue weighted by molar-refractivity contribution is 5.78. The van der Waals surface area contributed by atoms with Crippen molar-refractivity contribution in [3.63, 3.8) is 0 Å². The summed E-state index contributed by atoms with van der Waals surface area (Å²) in [6.07, 6.45) is 0. The van der Waals surface area contributed by atoms with Crippen molar-refractivity contribution in [1.29, 1.82) is 0 Å². The second kappa shape index (κ2) is 7.43. The Bertz CT molecular complexity index is 478. The van der Waals surface area contributed by atoms with Crippen molar-refractivity contribution < 1.29 is 9.53 Å². The van der Waals surface area contributed by atoms with E-state index in [1.807, 2.05) is 31.3 Å². The number of rotatable bonds is 5. The summed E-state index contributed by atoms with van der Waals surface area (Å²) in [5.74, 6) is 0.974. The van der Waals surface area contributed by atoms with E-state index < -0.39 is 0 Å². The number of piperazine rings is 1. The average molecular weight is 291 g/mol. The van der Waals surface area contributed by atoms with Gasteiger partial charge >= 0.3 is 0 Å². The summed E-state index contributed by atoms with van der Waals surface area (Å²) in [5, 5.41) is 3.34. The Kier molecular flexibility index (Phi) is 5.59. The van der Waals surface area contributed by atoms with Crippen LogP contribution in [0, 0.1) is 0 Å². The van der Waals surface area contributed by atoms with Crippen LogP contribution in [0.4, 0.5) is 0 Å². The maximum absolute atomic E-state index is 12.4. The molecule has 1 N–H and O–H groups in total. The van der Waals surface area contributed by atoms with Gasteiger partial charge in [0, 0.05) is 44.8 Å². The molecule has 1 atom stereocenters. The predicted molar refractivity (Wildman–Crippen MR) is 83.4 cm³/mol. The van der Waals surface area contributed by atoms with E-state index in [2.05, 4.69) is 17.1 Å². The number of likely N-dealkylation sites (N-methyl/N-ethyl adjacent to an activating group) is 1. The minimum Gasteiger partial charge on any atom is -0.496 e. The van der Waals surface area contributed by atoms with E-state index in [-0.39, 0.29) is 5.91 Å². The molecule has 1 saturated heterocycles. The minimum atomic E-state index is 0.148. The molecular formula is C16H25N3O2. The fourth-order valence-electron chi connectivity index (χ4n) is 2.59. The van der Waals surface area contributed by atoms with Crippen LogP contribution in [0.2, 0.25) is 0 Å². The van der Waals surface area contributed by atoms with E-state index in [0.29, 0.717) is 19.1 Å². The van der Waals surface area contributed by atoms with Crippen LogP contribution in [0.1, 0.15) is 12.5 Å². The third-order valence-electron chi connectivity index (χ3n) is 4.00. The first-order valence-electron chi connectivity index (χ1n) is 7.42. The lowest BCUT2D eigenvalue weighted by atomic mass is 10.2. The number of carbonyl (C=O) groups is 1. The lowest BCUT2D eigenvalue weighted by Gasteiger charge is -2.34. The molecule has 0 aliphatic carbocycles. The van der Waals surface area contributed by atoms with Gasteiger partial charge in [0.15, 0.2) is 0 Å². The van der Waals surface area contributed by atoms with Gasteiger partial charge in [-0.15, -0.1) is 0 Å². The number of benzene rings is 1. The molecule has 0 aromatic heterocycles. The summed E-state index contributed by atoms with van der Waals surface area (Å²) < 4.78 is 5.34. The number of hydrogen-bond acceptors (Lipinski definition) is 4. The van der Waals surface area contributed by atoms with Crippen LogP contribution in [-0.2, 0) is 11.3 Å². The third-order valence-corrected chi connectivity index (χ3v) is 4.00. The summed E-state index contributed by atoms with van der Waals surface area (Å²) in [4.78, 5) is 16.4. The Labute approximate surface area is 126 Å². The van der Waals surface area contributed by atoms with Crippen LogP contribution < -0.4 is 10.1 Å². The second-order valence-corrected chi connectivity index (χ2v) is 5.59. The standard InChI is InChI=1S/C16H25N3O2/c1-13-10-17-8-9-19(13)12-16(20)18(2)11-14-6-4-5-7-15(14)21-3/h4-7,13,17H,8-12H2,1-3H3/t13-/m0/s1. The molecule has 1 amide bonds. The molecule has 0 saturated carbocycles. The van der Waals surface area contributed by atoms with Gasteiger partial charge in [0.2, 0.25) is 5.91 Å². The molecule has 0 unspecified atom stereocenters. The molecule has 1 aromatic carbocycles. The summed E-state index contributed by atoms with van der Waals surface area (Å²) in [5.41, 5.74) is 1.03. The van der Waals surface area contributed by atoms with Gasteiger partial charge in [-0.25, -0.2) is 0 Å². The van der Waals surface area contributed by atoms with Gasteiger partial charge < -0.3 is 15.0 Å². The zero-order valence-electron chi connectivity index (χ0n) is 13.1. The van der Waals surface area contributed by atoms with Crippen molar-refractivity contribution in [1.82, 2.24) is 15.1 Å². The van der Waals surface area contributed by atoms with Crippen LogP contribution >= 0.6 is 0 Å². The number of nitrogens with zero attached hydrogens (tertiary/aromatic N) is 2. The van der Waals surface area contributed by atoms with Crippen molar-refractivity contribution in [2.24, 2.45) is 0 Å². The maximum Gasteiger partial charge on any atom is 0.236 e. The molecular weight excluding hydrogens is 266 g/mol. The number of para-hydroxylation sites is 1. The third kappa shape index (κ3) is 4.19. The Hall–Kier alpha value is -1.59. The fourth-order valence-corrected chi connectivity index (χ4v) is 2.59. The highest BCUT2D eigenvalue weighted by atomic mass is 16.5. The number of nitrogens with one attached hydrogen (secondary N) is 1. The maximum atomic E-state index is 12.4. The molecule has 1 heterocycles. The van der Waals surface area contributed by atoms with Gasteiger partial charge in [-0.3, -0.25) is 9.69 Å². The van der Waals surface area contributed by atoms with Gasteiger partial charge in [-0.1, -0.05) is 18.2 Å². The van der Waals surface area contributed by atoms with E-state index >= 15 is 0 Å². The minimum absolute atomic E-state index is 0.148. The van der Waals surface area contributed by atoms with Crippen LogP contribution in [0.5, 0.6) is 5.75 Å². The molecule has 1 aromatic rings. The lowest BCUT2D eigenvalue weighted by molar-refractivity contribution is -0.132. The van der Waals surface area contributed by atoms with E-state index in [1.165, 1.54) is 0 Å². The Morgan fingerprint density at radius 2 is 2.24 bits per heavy atom. The Morgan fingerprint density at radius 1 is 1.48 bits per heavy atom. The lowest BCUT2D eigenvalue weighted by Crippen LogP contribution is -2.52. The summed E-state index contributed by atoms with van der Waals surface area (Å²) in [6.45, 7) is 6.03. The SMILES string of the molecule is COc1ccccc1CN(C)C(=O)CN1CCNC[C@@H]1C. The molecule has 5 heteroatoms. The molecule has 0 spiro atoms. The van der Waals surface area contributed by atoms with Gasteiger partial charge in [0.25, 0.3) is 0 Å². The molecule has 0 radical (unpaired) electrons. The first-order chi connectivity index (χ1) is 10.1.